The lowest BCUT2D eigenvalue weighted by molar-refractivity contribution is 0.158. The molecule has 0 saturated heterocycles. The van der Waals surface area contributed by atoms with Gasteiger partial charge in [0.25, 0.3) is 0 Å². The van der Waals surface area contributed by atoms with Crippen LogP contribution in [0.1, 0.15) is 0 Å². The van der Waals surface area contributed by atoms with E-state index in [-0.39, 0.29) is 13.2 Å². The minimum Gasteiger partial charge on any atom is -0.465 e. The first-order valence-corrected chi connectivity index (χ1v) is 2.79. The maximum Gasteiger partial charge on any atom is 0.407 e. The number of aliphatic hydroxyl groups is 1. The number of nitrogens with zero attached hydrogens (tertiary/aromatic N) is 1. The molecule has 2 N–H and O–H groups in total. The molecule has 0 heterocycles. The molecule has 10 heavy (non-hydrogen) atoms. The highest BCUT2D eigenvalue weighted by atomic mass is 16.4. The maximum absolute atomic E-state index is 10.2. The summed E-state index contributed by atoms with van der Waals surface area (Å²) in [7, 11) is 1.42. The molecule has 0 saturated carbocycles. The summed E-state index contributed by atoms with van der Waals surface area (Å²) >= 11 is 0. The molecule has 0 rings (SSSR count). The van der Waals surface area contributed by atoms with Gasteiger partial charge in [0.2, 0.25) is 0 Å². The Morgan fingerprint density at radius 1 is 1.70 bits per heavy atom. The number of hydrogen-bond acceptors (Lipinski definition) is 2. The van der Waals surface area contributed by atoms with Crippen LogP contribution in [-0.2, 0) is 0 Å². The van der Waals surface area contributed by atoms with Crippen molar-refractivity contribution >= 4 is 6.09 Å². The molecule has 0 fully saturated rings. The van der Waals surface area contributed by atoms with Crippen molar-refractivity contribution in [3.8, 4) is 0 Å². The third kappa shape index (κ3) is 3.09. The molecule has 58 valence electrons. The van der Waals surface area contributed by atoms with E-state index in [1.54, 1.807) is 0 Å². The number of likely N-dealkylation sites (N-methyl/N-ethyl adjacent to an activating group) is 1. The molecule has 4 heteroatoms. The van der Waals surface area contributed by atoms with E-state index in [0.717, 1.165) is 4.90 Å². The van der Waals surface area contributed by atoms with Crippen molar-refractivity contribution in [1.29, 1.82) is 0 Å². The van der Waals surface area contributed by atoms with Gasteiger partial charge in [0.15, 0.2) is 0 Å². The average Bonchev–Trinajstić information content (AvgIpc) is 1.87. The van der Waals surface area contributed by atoms with Gasteiger partial charge in [0.05, 0.1) is 6.61 Å². The van der Waals surface area contributed by atoms with E-state index >= 15 is 0 Å². The van der Waals surface area contributed by atoms with Gasteiger partial charge in [-0.15, -0.1) is 0 Å². The van der Waals surface area contributed by atoms with E-state index in [4.69, 9.17) is 10.2 Å². The van der Waals surface area contributed by atoms with E-state index in [1.165, 1.54) is 7.05 Å². The fourth-order valence-corrected chi connectivity index (χ4v) is 0.453. The summed E-state index contributed by atoms with van der Waals surface area (Å²) in [5.74, 6) is 0. The molecular formula is C6H11NO3. The third-order valence-electron chi connectivity index (χ3n) is 1.01. The van der Waals surface area contributed by atoms with E-state index in [0.29, 0.717) is 5.57 Å². The number of carboxylic acid groups (broad SMARTS) is 1. The van der Waals surface area contributed by atoms with E-state index < -0.39 is 6.09 Å². The molecule has 1 amide bonds. The predicted octanol–water partition coefficient (Wildman–Crippen LogP) is 0.145. The van der Waals surface area contributed by atoms with Crippen molar-refractivity contribution in [2.45, 2.75) is 0 Å². The molecule has 0 aromatic rings. The molecule has 0 aliphatic rings. The zero-order chi connectivity index (χ0) is 8.15. The van der Waals surface area contributed by atoms with Gasteiger partial charge in [-0.25, -0.2) is 4.79 Å². The van der Waals surface area contributed by atoms with Gasteiger partial charge in [-0.3, -0.25) is 0 Å². The number of carbonyl (C=O) groups is 1. The first-order chi connectivity index (χ1) is 4.57. The Bertz CT molecular complexity index is 144. The molecule has 4 nitrogen and oxygen atoms in total. The number of aliphatic hydroxyl groups excluding tert-OH is 1. The van der Waals surface area contributed by atoms with Crippen molar-refractivity contribution < 1.29 is 15.0 Å². The van der Waals surface area contributed by atoms with Gasteiger partial charge in [-0.1, -0.05) is 6.58 Å². The van der Waals surface area contributed by atoms with Crippen LogP contribution in [0.5, 0.6) is 0 Å². The Morgan fingerprint density at radius 2 is 2.20 bits per heavy atom. The minimum atomic E-state index is -1.02. The standard InChI is InChI=1S/C6H11NO3/c1-5(4-8)3-7(2)6(9)10/h8H,1,3-4H2,2H3,(H,9,10). The van der Waals surface area contributed by atoms with Gasteiger partial charge in [-0.2, -0.15) is 0 Å². The number of rotatable bonds is 3. The zero-order valence-corrected chi connectivity index (χ0v) is 5.87. The van der Waals surface area contributed by atoms with Gasteiger partial charge in [0.1, 0.15) is 0 Å². The molecule has 0 aromatic carbocycles. The quantitative estimate of drug-likeness (QED) is 0.555. The van der Waals surface area contributed by atoms with Crippen LogP contribution in [-0.4, -0.2) is 41.4 Å². The molecule has 0 unspecified atom stereocenters. The first-order valence-electron chi connectivity index (χ1n) is 2.79. The lowest BCUT2D eigenvalue weighted by atomic mass is 10.3. The molecule has 0 atom stereocenters. The van der Waals surface area contributed by atoms with Crippen LogP contribution < -0.4 is 0 Å². The van der Waals surface area contributed by atoms with Gasteiger partial charge >= 0.3 is 6.09 Å². The van der Waals surface area contributed by atoms with Crippen LogP contribution in [0.2, 0.25) is 0 Å². The van der Waals surface area contributed by atoms with Crippen molar-refractivity contribution in [2.75, 3.05) is 20.2 Å². The topological polar surface area (TPSA) is 60.8 Å². The highest BCUT2D eigenvalue weighted by molar-refractivity contribution is 5.64. The maximum atomic E-state index is 10.2. The third-order valence-corrected chi connectivity index (χ3v) is 1.01. The summed E-state index contributed by atoms with van der Waals surface area (Å²) in [6.45, 7) is 3.46. The van der Waals surface area contributed by atoms with Gasteiger partial charge in [-0.05, 0) is 5.57 Å². The summed E-state index contributed by atoms with van der Waals surface area (Å²) in [6, 6.07) is 0. The summed E-state index contributed by atoms with van der Waals surface area (Å²) in [6.07, 6.45) is -1.02. The average molecular weight is 145 g/mol. The second-order valence-electron chi connectivity index (χ2n) is 2.05. The van der Waals surface area contributed by atoms with Crippen molar-refractivity contribution in [3.05, 3.63) is 12.2 Å². The Morgan fingerprint density at radius 3 is 2.50 bits per heavy atom. The minimum absolute atomic E-state index is 0.169. The second-order valence-corrected chi connectivity index (χ2v) is 2.05. The van der Waals surface area contributed by atoms with Crippen LogP contribution in [0.15, 0.2) is 12.2 Å². The van der Waals surface area contributed by atoms with Crippen molar-refractivity contribution in [3.63, 3.8) is 0 Å². The van der Waals surface area contributed by atoms with Crippen LogP contribution >= 0.6 is 0 Å². The highest BCUT2D eigenvalue weighted by Crippen LogP contribution is 1.92. The summed E-state index contributed by atoms with van der Waals surface area (Å²) in [5.41, 5.74) is 0.491. The lowest BCUT2D eigenvalue weighted by Crippen LogP contribution is -2.27. The molecule has 0 aliphatic carbocycles. The lowest BCUT2D eigenvalue weighted by Gasteiger charge is -2.12. The monoisotopic (exact) mass is 145 g/mol. The molecular weight excluding hydrogens is 134 g/mol. The van der Waals surface area contributed by atoms with Crippen molar-refractivity contribution in [2.24, 2.45) is 0 Å². The predicted molar refractivity (Wildman–Crippen MR) is 36.9 cm³/mol. The number of amides is 1. The Kier molecular flexibility index (Phi) is 3.49. The normalized spacial score (nSPS) is 9.00. The van der Waals surface area contributed by atoms with E-state index in [1.807, 2.05) is 0 Å². The van der Waals surface area contributed by atoms with Gasteiger partial charge < -0.3 is 15.1 Å². The molecule has 0 radical (unpaired) electrons. The fraction of sp³-hybridized carbons (Fsp3) is 0.500. The first kappa shape index (κ1) is 8.97. The zero-order valence-electron chi connectivity index (χ0n) is 5.87. The molecule has 0 aliphatic heterocycles. The van der Waals surface area contributed by atoms with E-state index in [2.05, 4.69) is 6.58 Å². The summed E-state index contributed by atoms with van der Waals surface area (Å²) in [5, 5.41) is 16.8. The summed E-state index contributed by atoms with van der Waals surface area (Å²) in [4.78, 5) is 11.2. The smallest absolute Gasteiger partial charge is 0.407 e. The molecule has 0 bridgehead atoms. The van der Waals surface area contributed by atoms with Crippen LogP contribution in [0.4, 0.5) is 4.79 Å². The molecule has 0 aromatic heterocycles. The molecule has 0 spiro atoms. The SMILES string of the molecule is C=C(CO)CN(C)C(=O)O. The largest absolute Gasteiger partial charge is 0.465 e. The van der Waals surface area contributed by atoms with Crippen LogP contribution in [0.3, 0.4) is 0 Å². The fourth-order valence-electron chi connectivity index (χ4n) is 0.453. The van der Waals surface area contributed by atoms with Crippen molar-refractivity contribution in [1.82, 2.24) is 4.90 Å². The van der Waals surface area contributed by atoms with E-state index in [9.17, 15) is 4.79 Å². The Balaban J connectivity index is 3.68. The Labute approximate surface area is 59.4 Å². The summed E-state index contributed by atoms with van der Waals surface area (Å²) < 4.78 is 0. The van der Waals surface area contributed by atoms with Gasteiger partial charge in [0, 0.05) is 13.6 Å². The second kappa shape index (κ2) is 3.90. The van der Waals surface area contributed by atoms with Crippen LogP contribution in [0, 0.1) is 0 Å². The number of hydrogen-bond donors (Lipinski definition) is 2. The highest BCUT2D eigenvalue weighted by Gasteiger charge is 2.04. The van der Waals surface area contributed by atoms with Crippen LogP contribution in [0.25, 0.3) is 0 Å². The Hall–Kier alpha value is -1.03.